The van der Waals surface area contributed by atoms with Gasteiger partial charge >= 0.3 is 111 Å². The normalized spacial score (nSPS) is 10.4. The van der Waals surface area contributed by atoms with Gasteiger partial charge in [0.05, 0.1) is 0 Å². The molecule has 0 saturated heterocycles. The SMILES string of the molecule is N#C[Se]c1c[nH]c2ccc(-c3ccccc3)cc12. The molecule has 0 aliphatic carbocycles. The molecule has 2 aromatic carbocycles. The van der Waals surface area contributed by atoms with Gasteiger partial charge in [-0.3, -0.25) is 0 Å². The van der Waals surface area contributed by atoms with Crippen LogP contribution < -0.4 is 4.46 Å². The summed E-state index contributed by atoms with van der Waals surface area (Å²) in [5.41, 5.74) is 3.50. The molecule has 0 atom stereocenters. The van der Waals surface area contributed by atoms with Crippen LogP contribution >= 0.6 is 0 Å². The van der Waals surface area contributed by atoms with E-state index < -0.39 is 0 Å². The summed E-state index contributed by atoms with van der Waals surface area (Å²) in [4.78, 5) is 5.48. The molecule has 1 aromatic heterocycles. The second kappa shape index (κ2) is 4.70. The van der Waals surface area contributed by atoms with Gasteiger partial charge in [0.1, 0.15) is 0 Å². The van der Waals surface area contributed by atoms with E-state index in [1.165, 1.54) is 11.1 Å². The van der Waals surface area contributed by atoms with Gasteiger partial charge in [-0.1, -0.05) is 0 Å². The van der Waals surface area contributed by atoms with Crippen LogP contribution in [0.1, 0.15) is 0 Å². The summed E-state index contributed by atoms with van der Waals surface area (Å²) < 4.78 is 1.12. The summed E-state index contributed by atoms with van der Waals surface area (Å²) in [6.45, 7) is 0. The molecule has 86 valence electrons. The summed E-state index contributed by atoms with van der Waals surface area (Å²) in [6, 6.07) is 16.6. The summed E-state index contributed by atoms with van der Waals surface area (Å²) >= 11 is -0.117. The number of aromatic amines is 1. The van der Waals surface area contributed by atoms with E-state index in [2.05, 4.69) is 40.3 Å². The fourth-order valence-corrected chi connectivity index (χ4v) is 3.08. The molecule has 0 spiro atoms. The molecule has 0 aliphatic heterocycles. The standard InChI is InChI=1S/C15H10N2Se/c16-10-18-15-9-17-14-7-6-12(8-13(14)15)11-4-2-1-3-5-11/h1-9,17H. The fraction of sp³-hybridized carbons (Fsp3) is 0. The third kappa shape index (κ3) is 1.93. The molecular formula is C15H10N2Se. The van der Waals surface area contributed by atoms with Crippen LogP contribution in [0.25, 0.3) is 22.0 Å². The molecule has 2 nitrogen and oxygen atoms in total. The van der Waals surface area contributed by atoms with Crippen molar-refractivity contribution in [2.24, 2.45) is 0 Å². The number of benzene rings is 2. The van der Waals surface area contributed by atoms with Gasteiger partial charge in [-0.15, -0.1) is 0 Å². The van der Waals surface area contributed by atoms with Gasteiger partial charge in [0.15, 0.2) is 0 Å². The predicted molar refractivity (Wildman–Crippen MR) is 74.7 cm³/mol. The fourth-order valence-electron chi connectivity index (χ4n) is 2.04. The van der Waals surface area contributed by atoms with Crippen LogP contribution in [0, 0.1) is 10.2 Å². The molecule has 3 aromatic rings. The van der Waals surface area contributed by atoms with Crippen molar-refractivity contribution in [3.8, 4) is 16.1 Å². The predicted octanol–water partition coefficient (Wildman–Crippen LogP) is 2.65. The first-order chi connectivity index (χ1) is 8.88. The molecule has 0 saturated carbocycles. The average molecular weight is 297 g/mol. The van der Waals surface area contributed by atoms with E-state index in [9.17, 15) is 0 Å². The maximum absolute atomic E-state index is 8.85. The van der Waals surface area contributed by atoms with Crippen LogP contribution in [0.15, 0.2) is 54.7 Å². The quantitative estimate of drug-likeness (QED) is 0.726. The molecule has 3 heteroatoms. The van der Waals surface area contributed by atoms with Crippen LogP contribution in [-0.2, 0) is 0 Å². The van der Waals surface area contributed by atoms with Gasteiger partial charge in [-0.05, 0) is 0 Å². The molecular weight excluding hydrogens is 287 g/mol. The Labute approximate surface area is 111 Å². The Kier molecular flexibility index (Phi) is 2.90. The molecule has 0 fully saturated rings. The van der Waals surface area contributed by atoms with Crippen molar-refractivity contribution >= 4 is 30.3 Å². The van der Waals surface area contributed by atoms with Crippen LogP contribution in [0.4, 0.5) is 0 Å². The minimum absolute atomic E-state index is 0.117. The molecule has 0 radical (unpaired) electrons. The van der Waals surface area contributed by atoms with Crippen molar-refractivity contribution < 1.29 is 0 Å². The van der Waals surface area contributed by atoms with E-state index in [0.29, 0.717) is 0 Å². The number of fused-ring (bicyclic) bond motifs is 1. The Morgan fingerprint density at radius 1 is 1.00 bits per heavy atom. The number of hydrogen-bond acceptors (Lipinski definition) is 1. The Morgan fingerprint density at radius 3 is 2.61 bits per heavy atom. The van der Waals surface area contributed by atoms with Crippen molar-refractivity contribution in [1.29, 1.82) is 5.26 Å². The molecule has 18 heavy (non-hydrogen) atoms. The number of aromatic nitrogens is 1. The zero-order valence-electron chi connectivity index (χ0n) is 9.55. The van der Waals surface area contributed by atoms with E-state index in [-0.39, 0.29) is 15.0 Å². The Morgan fingerprint density at radius 2 is 1.83 bits per heavy atom. The van der Waals surface area contributed by atoms with Gasteiger partial charge in [-0.25, -0.2) is 0 Å². The summed E-state index contributed by atoms with van der Waals surface area (Å²) in [6.07, 6.45) is 1.95. The van der Waals surface area contributed by atoms with Crippen LogP contribution in [0.5, 0.6) is 0 Å². The van der Waals surface area contributed by atoms with Crippen molar-refractivity contribution in [2.45, 2.75) is 0 Å². The second-order valence-corrected chi connectivity index (χ2v) is 5.71. The number of nitriles is 1. The topological polar surface area (TPSA) is 39.6 Å². The minimum atomic E-state index is -0.117. The second-order valence-electron chi connectivity index (χ2n) is 3.97. The summed E-state index contributed by atoms with van der Waals surface area (Å²) in [7, 11) is 0. The van der Waals surface area contributed by atoms with E-state index in [0.717, 1.165) is 15.4 Å². The number of H-pyrrole nitrogens is 1. The first-order valence-corrected chi connectivity index (χ1v) is 7.32. The number of nitrogens with zero attached hydrogens (tertiary/aromatic N) is 1. The Balaban J connectivity index is 2.16. The average Bonchev–Trinajstić information content (AvgIpc) is 2.83. The Hall–Kier alpha value is -2.01. The van der Waals surface area contributed by atoms with E-state index in [4.69, 9.17) is 5.26 Å². The van der Waals surface area contributed by atoms with Gasteiger partial charge in [0.25, 0.3) is 0 Å². The molecule has 0 bridgehead atoms. The van der Waals surface area contributed by atoms with Crippen molar-refractivity contribution in [2.75, 3.05) is 0 Å². The molecule has 3 rings (SSSR count). The van der Waals surface area contributed by atoms with Crippen LogP contribution in [0.2, 0.25) is 0 Å². The van der Waals surface area contributed by atoms with Gasteiger partial charge < -0.3 is 0 Å². The first-order valence-electron chi connectivity index (χ1n) is 5.61. The zero-order chi connectivity index (χ0) is 12.4. The Bertz CT molecular complexity index is 723. The van der Waals surface area contributed by atoms with Gasteiger partial charge in [0.2, 0.25) is 0 Å². The molecule has 0 aliphatic rings. The van der Waals surface area contributed by atoms with Crippen LogP contribution in [0.3, 0.4) is 0 Å². The monoisotopic (exact) mass is 298 g/mol. The summed E-state index contributed by atoms with van der Waals surface area (Å²) in [5, 5.41) is 10.0. The number of rotatable bonds is 2. The maximum atomic E-state index is 8.85. The molecule has 1 N–H and O–H groups in total. The third-order valence-electron chi connectivity index (χ3n) is 2.91. The van der Waals surface area contributed by atoms with Gasteiger partial charge in [-0.2, -0.15) is 0 Å². The van der Waals surface area contributed by atoms with E-state index in [1.807, 2.05) is 24.4 Å². The van der Waals surface area contributed by atoms with E-state index in [1.54, 1.807) is 0 Å². The first kappa shape index (κ1) is 11.1. The third-order valence-corrected chi connectivity index (χ3v) is 4.27. The molecule has 0 unspecified atom stereocenters. The van der Waals surface area contributed by atoms with Crippen molar-refractivity contribution in [3.63, 3.8) is 0 Å². The van der Waals surface area contributed by atoms with Crippen LogP contribution in [-0.4, -0.2) is 19.9 Å². The molecule has 0 amide bonds. The van der Waals surface area contributed by atoms with Crippen molar-refractivity contribution in [3.05, 3.63) is 54.7 Å². The summed E-state index contributed by atoms with van der Waals surface area (Å²) in [5.74, 6) is 0. The zero-order valence-corrected chi connectivity index (χ0v) is 11.3. The van der Waals surface area contributed by atoms with E-state index >= 15 is 0 Å². The molecule has 1 heterocycles. The van der Waals surface area contributed by atoms with Gasteiger partial charge in [0, 0.05) is 0 Å². The van der Waals surface area contributed by atoms with Crippen molar-refractivity contribution in [1.82, 2.24) is 4.98 Å². The number of hydrogen-bond donors (Lipinski definition) is 1. The number of nitrogens with one attached hydrogen (secondary N) is 1.